The summed E-state index contributed by atoms with van der Waals surface area (Å²) in [5.41, 5.74) is 0.269. The summed E-state index contributed by atoms with van der Waals surface area (Å²) >= 11 is 0. The van der Waals surface area contributed by atoms with Crippen molar-refractivity contribution in [3.63, 3.8) is 0 Å². The van der Waals surface area contributed by atoms with Crippen molar-refractivity contribution in [1.82, 2.24) is 14.7 Å². The third kappa shape index (κ3) is 3.65. The quantitative estimate of drug-likeness (QED) is 0.776. The SMILES string of the molecule is O=C(CN1CCN(c2ccc(F)c(F)c2)C1=O)N1CCN(C(=O)C2CC2)CC1. The van der Waals surface area contributed by atoms with Gasteiger partial charge in [-0.15, -0.1) is 0 Å². The summed E-state index contributed by atoms with van der Waals surface area (Å²) in [5, 5.41) is 0. The third-order valence-electron chi connectivity index (χ3n) is 5.51. The molecular formula is C19H22F2N4O3. The van der Waals surface area contributed by atoms with Gasteiger partial charge in [0.1, 0.15) is 6.54 Å². The minimum atomic E-state index is -1.02. The van der Waals surface area contributed by atoms with Crippen LogP contribution >= 0.6 is 0 Å². The lowest BCUT2D eigenvalue weighted by Crippen LogP contribution is -2.53. The number of hydrogen-bond donors (Lipinski definition) is 0. The van der Waals surface area contributed by atoms with Crippen LogP contribution in [0.1, 0.15) is 12.8 Å². The molecule has 150 valence electrons. The number of halogens is 2. The molecule has 9 heteroatoms. The average molecular weight is 392 g/mol. The van der Waals surface area contributed by atoms with E-state index >= 15 is 0 Å². The van der Waals surface area contributed by atoms with E-state index in [1.807, 2.05) is 4.90 Å². The van der Waals surface area contributed by atoms with Crippen LogP contribution in [0.15, 0.2) is 18.2 Å². The Morgan fingerprint density at radius 3 is 2.25 bits per heavy atom. The van der Waals surface area contributed by atoms with Crippen molar-refractivity contribution in [3.8, 4) is 0 Å². The largest absolute Gasteiger partial charge is 0.339 e. The molecule has 2 saturated heterocycles. The highest BCUT2D eigenvalue weighted by Crippen LogP contribution is 2.31. The first-order valence-electron chi connectivity index (χ1n) is 9.52. The highest BCUT2D eigenvalue weighted by Gasteiger charge is 2.36. The Bertz CT molecular complexity index is 806. The van der Waals surface area contributed by atoms with E-state index < -0.39 is 17.7 Å². The van der Waals surface area contributed by atoms with Gasteiger partial charge < -0.3 is 14.7 Å². The first kappa shape index (κ1) is 18.6. The summed E-state index contributed by atoms with van der Waals surface area (Å²) < 4.78 is 26.5. The summed E-state index contributed by atoms with van der Waals surface area (Å²) in [7, 11) is 0. The second-order valence-corrected chi connectivity index (χ2v) is 7.43. The molecule has 28 heavy (non-hydrogen) atoms. The fraction of sp³-hybridized carbons (Fsp3) is 0.526. The number of carbonyl (C=O) groups is 3. The Hall–Kier alpha value is -2.71. The van der Waals surface area contributed by atoms with Gasteiger partial charge in [-0.2, -0.15) is 0 Å². The summed E-state index contributed by atoms with van der Waals surface area (Å²) in [5.74, 6) is -1.80. The van der Waals surface area contributed by atoms with Crippen LogP contribution in [0.2, 0.25) is 0 Å². The molecule has 3 fully saturated rings. The van der Waals surface area contributed by atoms with Crippen LogP contribution in [-0.4, -0.2) is 78.4 Å². The molecule has 4 rings (SSSR count). The summed E-state index contributed by atoms with van der Waals surface area (Å²) in [6, 6.07) is 2.91. The van der Waals surface area contributed by atoms with E-state index in [0.29, 0.717) is 39.3 Å². The van der Waals surface area contributed by atoms with E-state index in [1.165, 1.54) is 15.9 Å². The lowest BCUT2D eigenvalue weighted by molar-refractivity contribution is -0.140. The van der Waals surface area contributed by atoms with E-state index in [2.05, 4.69) is 0 Å². The van der Waals surface area contributed by atoms with E-state index in [4.69, 9.17) is 0 Å². The van der Waals surface area contributed by atoms with Gasteiger partial charge in [-0.25, -0.2) is 13.6 Å². The minimum Gasteiger partial charge on any atom is -0.339 e. The molecule has 1 aromatic rings. The lowest BCUT2D eigenvalue weighted by Gasteiger charge is -2.35. The highest BCUT2D eigenvalue weighted by molar-refractivity contribution is 5.96. The van der Waals surface area contributed by atoms with E-state index in [0.717, 1.165) is 25.0 Å². The van der Waals surface area contributed by atoms with Gasteiger partial charge >= 0.3 is 6.03 Å². The average Bonchev–Trinajstić information content (AvgIpc) is 3.49. The van der Waals surface area contributed by atoms with Gasteiger partial charge in [0.15, 0.2) is 11.6 Å². The minimum absolute atomic E-state index is 0.0599. The van der Waals surface area contributed by atoms with Crippen LogP contribution in [0.25, 0.3) is 0 Å². The second kappa shape index (κ2) is 7.37. The van der Waals surface area contributed by atoms with Crippen LogP contribution in [0.5, 0.6) is 0 Å². The molecule has 0 radical (unpaired) electrons. The van der Waals surface area contributed by atoms with Crippen LogP contribution in [0, 0.1) is 17.6 Å². The van der Waals surface area contributed by atoms with Gasteiger partial charge in [0.2, 0.25) is 11.8 Å². The Labute approximate surface area is 161 Å². The fourth-order valence-corrected chi connectivity index (χ4v) is 3.65. The zero-order valence-corrected chi connectivity index (χ0v) is 15.4. The van der Waals surface area contributed by atoms with Gasteiger partial charge in [-0.1, -0.05) is 0 Å². The molecule has 0 N–H and O–H groups in total. The van der Waals surface area contributed by atoms with Crippen LogP contribution < -0.4 is 4.90 Å². The van der Waals surface area contributed by atoms with Crippen molar-refractivity contribution in [2.24, 2.45) is 5.92 Å². The molecular weight excluding hydrogens is 370 g/mol. The van der Waals surface area contributed by atoms with Gasteiger partial charge in [0.25, 0.3) is 0 Å². The molecule has 1 saturated carbocycles. The van der Waals surface area contributed by atoms with Crippen molar-refractivity contribution < 1.29 is 23.2 Å². The molecule has 0 atom stereocenters. The third-order valence-corrected chi connectivity index (χ3v) is 5.51. The molecule has 0 unspecified atom stereocenters. The zero-order valence-electron chi connectivity index (χ0n) is 15.4. The van der Waals surface area contributed by atoms with Crippen molar-refractivity contribution in [3.05, 3.63) is 29.8 Å². The zero-order chi connectivity index (χ0) is 19.8. The predicted molar refractivity (Wildman–Crippen MR) is 96.6 cm³/mol. The maximum absolute atomic E-state index is 13.4. The Morgan fingerprint density at radius 1 is 0.929 bits per heavy atom. The summed E-state index contributed by atoms with van der Waals surface area (Å²) in [4.78, 5) is 43.4. The molecule has 0 aromatic heterocycles. The fourth-order valence-electron chi connectivity index (χ4n) is 3.65. The summed E-state index contributed by atoms with van der Waals surface area (Å²) in [6.45, 7) is 2.56. The Kier molecular flexibility index (Phi) is 4.91. The van der Waals surface area contributed by atoms with E-state index in [1.54, 1.807) is 4.90 Å². The number of hydrogen-bond acceptors (Lipinski definition) is 3. The molecule has 2 aliphatic heterocycles. The first-order valence-corrected chi connectivity index (χ1v) is 9.52. The van der Waals surface area contributed by atoms with Gasteiger partial charge in [0, 0.05) is 56.9 Å². The van der Waals surface area contributed by atoms with Crippen LogP contribution in [0.4, 0.5) is 19.3 Å². The Balaban J connectivity index is 1.31. The molecule has 1 aromatic carbocycles. The smallest absolute Gasteiger partial charge is 0.325 e. The normalized spacial score (nSPS) is 20.1. The molecule has 3 aliphatic rings. The standard InChI is InChI=1S/C19H22F2N4O3/c20-15-4-3-14(11-16(15)21)25-10-9-24(19(25)28)12-17(26)22-5-7-23(8-6-22)18(27)13-1-2-13/h3-4,11,13H,1-2,5-10,12H2. The number of carbonyl (C=O) groups excluding carboxylic acids is 3. The number of piperazine rings is 1. The van der Waals surface area contributed by atoms with Crippen molar-refractivity contribution in [1.29, 1.82) is 0 Å². The van der Waals surface area contributed by atoms with Crippen molar-refractivity contribution >= 4 is 23.5 Å². The van der Waals surface area contributed by atoms with Gasteiger partial charge in [0.05, 0.1) is 0 Å². The molecule has 2 heterocycles. The maximum atomic E-state index is 13.4. The maximum Gasteiger partial charge on any atom is 0.325 e. The molecule has 4 amide bonds. The topological polar surface area (TPSA) is 64.2 Å². The number of benzene rings is 1. The summed E-state index contributed by atoms with van der Waals surface area (Å²) in [6.07, 6.45) is 1.92. The molecule has 7 nitrogen and oxygen atoms in total. The predicted octanol–water partition coefficient (Wildman–Crippen LogP) is 1.29. The number of anilines is 1. The monoisotopic (exact) mass is 392 g/mol. The molecule has 0 bridgehead atoms. The molecule has 1 aliphatic carbocycles. The highest BCUT2D eigenvalue weighted by atomic mass is 19.2. The van der Waals surface area contributed by atoms with Crippen LogP contribution in [0.3, 0.4) is 0 Å². The number of urea groups is 1. The van der Waals surface area contributed by atoms with Gasteiger partial charge in [-0.05, 0) is 25.0 Å². The second-order valence-electron chi connectivity index (χ2n) is 7.43. The molecule has 0 spiro atoms. The lowest BCUT2D eigenvalue weighted by atomic mass is 10.2. The van der Waals surface area contributed by atoms with Crippen molar-refractivity contribution in [2.45, 2.75) is 12.8 Å². The van der Waals surface area contributed by atoms with Crippen molar-refractivity contribution in [2.75, 3.05) is 50.7 Å². The van der Waals surface area contributed by atoms with Crippen LogP contribution in [-0.2, 0) is 9.59 Å². The first-order chi connectivity index (χ1) is 13.4. The van der Waals surface area contributed by atoms with E-state index in [9.17, 15) is 23.2 Å². The Morgan fingerprint density at radius 2 is 1.61 bits per heavy atom. The number of amides is 4. The number of rotatable bonds is 4. The number of nitrogens with zero attached hydrogens (tertiary/aromatic N) is 4. The van der Waals surface area contributed by atoms with Gasteiger partial charge in [-0.3, -0.25) is 14.5 Å². The van der Waals surface area contributed by atoms with E-state index in [-0.39, 0.29) is 30.0 Å².